The Morgan fingerprint density at radius 1 is 0.298 bits per heavy atom. The molecular formula is C58H78F18N12O18Pd2S6. The van der Waals surface area contributed by atoms with Crippen LogP contribution >= 0.6 is 0 Å². The fraction of sp³-hybridized carbons (Fsp3) is 0.586. The predicted octanol–water partition coefficient (Wildman–Crippen LogP) is 8.37. The van der Waals surface area contributed by atoms with Crippen LogP contribution in [0.4, 0.5) is 79.0 Å². The first-order chi connectivity index (χ1) is 49.4. The van der Waals surface area contributed by atoms with Gasteiger partial charge in [0.2, 0.25) is 0 Å². The van der Waals surface area contributed by atoms with E-state index in [-0.39, 0.29) is 63.0 Å². The molecule has 114 heavy (non-hydrogen) atoms. The van der Waals surface area contributed by atoms with Gasteiger partial charge in [0.25, 0.3) is 0 Å². The third-order valence-electron chi connectivity index (χ3n) is 12.2. The maximum Gasteiger partial charge on any atom is 2.00 e. The van der Waals surface area contributed by atoms with E-state index in [9.17, 15) is 79.0 Å². The van der Waals surface area contributed by atoms with Crippen LogP contribution in [-0.4, -0.2) is 163 Å². The number of nitrogens with zero attached hydrogens (tertiary/aromatic N) is 10. The molecule has 0 aromatic carbocycles. The fourth-order valence-corrected chi connectivity index (χ4v) is 6.77. The standard InChI is InChI=1S/2C22H32N4.4C2H3N.6CHF3O3S.2Pd/c2*1-21(2,3)25-13-17-9-7-11-19(23-17)15-26(22(4,5)6)16-20-12-8-10-18(14-25)24-20;4*1-2-3;6*2-1(3,4)8(5,6)7;;/h2*7-12H,13-16H2,1-6H3;4*1H3;6*(H,5,6,7);;/q;;;;;;;;;;;;2*+2/p-4. The summed E-state index contributed by atoms with van der Waals surface area (Å²) in [6.07, 6.45) is 0. The quantitative estimate of drug-likeness (QED) is 0.0722. The van der Waals surface area contributed by atoms with Crippen molar-refractivity contribution in [1.29, 1.82) is 21.0 Å². The summed E-state index contributed by atoms with van der Waals surface area (Å²) < 4.78 is 353. The molecule has 30 nitrogen and oxygen atoms in total. The van der Waals surface area contributed by atoms with Gasteiger partial charge in [-0.1, -0.05) is 24.3 Å². The molecule has 0 aliphatic carbocycles. The number of nitriles is 4. The molecule has 0 radical (unpaired) electrons. The summed E-state index contributed by atoms with van der Waals surface area (Å²) in [7, 11) is -36.5. The SMILES string of the molecule is CC#N.CC#N.CC#N.CC#N.CC(C)(C)N1Cc2cccc(n2)C[NH+](C(C)(C)C)Cc2cccc(n2)C1.CC(C)(C)N1Cc2cccc(n2)C[NH+](C(C)(C)C)Cc2cccc(n2)C1.O=S(=O)([O-])C(F)(F)F.O=S(=O)([O-])C(F)(F)F.O=S(=O)([O-])C(F)(F)F.O=S(=O)([O-])C(F)(F)F.O=S(=O)([O-])C(F)(F)F.O=S(=O)([O-])C(F)(F)F.[Pd+2].[Pd+2]. The third-order valence-corrected chi connectivity index (χ3v) is 15.6. The van der Waals surface area contributed by atoms with Gasteiger partial charge in [-0.2, -0.15) is 100 Å². The Kier molecular flexibility index (Phi) is 54.9. The van der Waals surface area contributed by atoms with E-state index in [0.29, 0.717) is 0 Å². The van der Waals surface area contributed by atoms with Crippen LogP contribution < -0.4 is 9.80 Å². The second-order valence-electron chi connectivity index (χ2n) is 25.2. The third kappa shape index (κ3) is 56.3. The summed E-state index contributed by atoms with van der Waals surface area (Å²) >= 11 is 0. The molecule has 0 saturated heterocycles. The number of alkyl halides is 18. The van der Waals surface area contributed by atoms with E-state index in [4.69, 9.17) is 119 Å². The van der Waals surface area contributed by atoms with E-state index in [1.165, 1.54) is 37.5 Å². The predicted molar refractivity (Wildman–Crippen MR) is 351 cm³/mol. The largest absolute Gasteiger partial charge is 2.00 e. The number of halogens is 18. The molecule has 0 spiro atoms. The van der Waals surface area contributed by atoms with E-state index >= 15 is 0 Å². The van der Waals surface area contributed by atoms with Crippen LogP contribution in [0.5, 0.6) is 0 Å². The van der Waals surface area contributed by atoms with Gasteiger partial charge < -0.3 is 37.1 Å². The van der Waals surface area contributed by atoms with Gasteiger partial charge in [-0.05, 0) is 132 Å². The van der Waals surface area contributed by atoms with E-state index in [1.54, 1.807) is 24.3 Å². The van der Waals surface area contributed by atoms with Crippen molar-refractivity contribution in [3.05, 3.63) is 118 Å². The molecule has 0 saturated carbocycles. The van der Waals surface area contributed by atoms with Crippen molar-refractivity contribution in [3.8, 4) is 24.3 Å². The molecule has 0 unspecified atom stereocenters. The van der Waals surface area contributed by atoms with Gasteiger partial charge in [-0.15, -0.1) is 0 Å². The number of quaternary nitrogens is 2. The zero-order valence-electron chi connectivity index (χ0n) is 62.3. The number of nitrogens with one attached hydrogen (secondary N) is 2. The molecule has 56 heteroatoms. The zero-order valence-corrected chi connectivity index (χ0v) is 70.3. The number of fused-ring (bicyclic) bond motifs is 8. The van der Waals surface area contributed by atoms with Crippen molar-refractivity contribution >= 4 is 60.7 Å². The van der Waals surface area contributed by atoms with Crippen LogP contribution in [0.3, 0.4) is 0 Å². The smallest absolute Gasteiger partial charge is 0.741 e. The Morgan fingerprint density at radius 3 is 0.491 bits per heavy atom. The molecule has 4 aromatic rings. The van der Waals surface area contributed by atoms with Crippen molar-refractivity contribution < 1.29 is 207 Å². The van der Waals surface area contributed by atoms with Gasteiger partial charge in [0.05, 0.1) is 80.9 Å². The van der Waals surface area contributed by atoms with Crippen LogP contribution in [0.2, 0.25) is 0 Å². The molecular weight excluding hydrogens is 1900 g/mol. The summed E-state index contributed by atoms with van der Waals surface area (Å²) in [4.78, 5) is 27.8. The molecule has 6 heterocycles. The number of rotatable bonds is 0. The van der Waals surface area contributed by atoms with Crippen molar-refractivity contribution in [1.82, 2.24) is 29.7 Å². The second kappa shape index (κ2) is 50.6. The normalized spacial score (nSPS) is 14.1. The minimum absolute atomic E-state index is 0. The monoisotopic (exact) mass is 1980 g/mol. The number of aromatic nitrogens is 4. The van der Waals surface area contributed by atoms with E-state index < -0.39 is 93.8 Å². The first-order valence-corrected chi connectivity index (χ1v) is 38.2. The molecule has 2 aliphatic heterocycles. The minimum atomic E-state index is -6.09. The Hall–Kier alpha value is -6.08. The molecule has 0 atom stereocenters. The van der Waals surface area contributed by atoms with Gasteiger partial charge in [-0.3, -0.25) is 29.7 Å². The van der Waals surface area contributed by atoms with Crippen molar-refractivity contribution in [2.24, 2.45) is 0 Å². The van der Waals surface area contributed by atoms with E-state index in [0.717, 1.165) is 97.9 Å². The number of pyridine rings is 4. The topological polar surface area (TPSA) is 505 Å². The van der Waals surface area contributed by atoms with Gasteiger partial charge >= 0.3 is 73.9 Å². The minimum Gasteiger partial charge on any atom is -0.741 e. The van der Waals surface area contributed by atoms with Crippen LogP contribution in [0, 0.1) is 45.3 Å². The molecule has 2 N–H and O–H groups in total. The number of hydrogen-bond donors (Lipinski definition) is 2. The van der Waals surface area contributed by atoms with Gasteiger partial charge in [0.15, 0.2) is 60.7 Å². The Balaban J connectivity index is -0.000000195. The van der Waals surface area contributed by atoms with E-state index in [1.807, 2.05) is 0 Å². The molecule has 6 rings (SSSR count). The Morgan fingerprint density at radius 2 is 0.404 bits per heavy atom. The zero-order chi connectivity index (χ0) is 90.7. The van der Waals surface area contributed by atoms with Crippen molar-refractivity contribution in [3.63, 3.8) is 0 Å². The fourth-order valence-electron chi connectivity index (χ4n) is 6.77. The van der Waals surface area contributed by atoms with Gasteiger partial charge in [0, 0.05) is 65.0 Å². The molecule has 0 amide bonds. The van der Waals surface area contributed by atoms with Crippen LogP contribution in [0.15, 0.2) is 72.8 Å². The Labute approximate surface area is 675 Å². The van der Waals surface area contributed by atoms with Crippen LogP contribution in [0.1, 0.15) is 156 Å². The average Bonchev–Trinajstić information content (AvgIpc) is 0.825. The first-order valence-electron chi connectivity index (χ1n) is 29.7. The first kappa shape index (κ1) is 124. The Bertz CT molecular complexity index is 3730. The average molecular weight is 1980 g/mol. The van der Waals surface area contributed by atoms with Gasteiger partial charge in [-0.25, -0.2) is 50.5 Å². The molecule has 660 valence electrons. The molecule has 0 fully saturated rings. The summed E-state index contributed by atoms with van der Waals surface area (Å²) in [5, 5.41) is 29.3. The molecule has 8 bridgehead atoms. The summed E-state index contributed by atoms with van der Waals surface area (Å²) in [5.41, 5.74) is -24.3. The van der Waals surface area contributed by atoms with Crippen molar-refractivity contribution in [2.75, 3.05) is 0 Å². The van der Waals surface area contributed by atoms with E-state index in [2.05, 4.69) is 166 Å². The number of hydrogen-bond acceptors (Lipinski definition) is 28. The molecule has 4 aromatic heterocycles. The molecule has 2 aliphatic rings. The van der Waals surface area contributed by atoms with Crippen LogP contribution in [-0.2, 0) is 154 Å². The summed E-state index contributed by atoms with van der Waals surface area (Å²) in [6, 6.07) is 32.8. The van der Waals surface area contributed by atoms with Crippen molar-refractivity contribution in [2.45, 2.75) is 218 Å². The van der Waals surface area contributed by atoms with Crippen LogP contribution in [0.25, 0.3) is 0 Å². The van der Waals surface area contributed by atoms with Gasteiger partial charge in [0.1, 0.15) is 26.2 Å². The maximum absolute atomic E-state index is 10.7. The maximum atomic E-state index is 10.7. The summed E-state index contributed by atoms with van der Waals surface area (Å²) in [5.74, 6) is 0. The summed E-state index contributed by atoms with van der Waals surface area (Å²) in [6.45, 7) is 40.1. The second-order valence-corrected chi connectivity index (χ2v) is 33.5.